The Morgan fingerprint density at radius 3 is 2.60 bits per heavy atom. The molecule has 2 atom stereocenters. The van der Waals surface area contributed by atoms with Crippen LogP contribution in [0.3, 0.4) is 0 Å². The minimum Gasteiger partial charge on any atom is -0.376 e. The number of carbonyl (C=O) groups excluding carboxylic acids is 1. The molecule has 0 radical (unpaired) electrons. The van der Waals surface area contributed by atoms with Crippen LogP contribution < -0.4 is 4.90 Å². The summed E-state index contributed by atoms with van der Waals surface area (Å²) < 4.78 is 44.2. The highest BCUT2D eigenvalue weighted by molar-refractivity contribution is 5.79. The SMILES string of the molecule is CC1OCCC1N(C)c1ccc(C=O)c(C(F)(F)F)c1. The van der Waals surface area contributed by atoms with Gasteiger partial charge in [0, 0.05) is 24.9 Å². The molecular formula is C14H16F3NO2. The quantitative estimate of drug-likeness (QED) is 0.800. The van der Waals surface area contributed by atoms with E-state index in [9.17, 15) is 18.0 Å². The Balaban J connectivity index is 2.35. The summed E-state index contributed by atoms with van der Waals surface area (Å²) in [6.07, 6.45) is -3.56. The van der Waals surface area contributed by atoms with Gasteiger partial charge in [0.05, 0.1) is 17.7 Å². The zero-order chi connectivity index (χ0) is 14.9. The monoisotopic (exact) mass is 287 g/mol. The van der Waals surface area contributed by atoms with Crippen molar-refractivity contribution < 1.29 is 22.7 Å². The summed E-state index contributed by atoms with van der Waals surface area (Å²) in [6, 6.07) is 3.80. The van der Waals surface area contributed by atoms with Crippen molar-refractivity contribution in [2.75, 3.05) is 18.6 Å². The van der Waals surface area contributed by atoms with Gasteiger partial charge in [-0.3, -0.25) is 4.79 Å². The van der Waals surface area contributed by atoms with Gasteiger partial charge in [0.1, 0.15) is 0 Å². The van der Waals surface area contributed by atoms with E-state index < -0.39 is 11.7 Å². The third-order valence-corrected chi connectivity index (χ3v) is 3.71. The van der Waals surface area contributed by atoms with E-state index in [-0.39, 0.29) is 24.0 Å². The summed E-state index contributed by atoms with van der Waals surface area (Å²) in [5.41, 5.74) is -0.806. The van der Waals surface area contributed by atoms with Crippen LogP contribution in [0, 0.1) is 0 Å². The maximum Gasteiger partial charge on any atom is 0.417 e. The molecule has 1 aromatic carbocycles. The van der Waals surface area contributed by atoms with Gasteiger partial charge in [-0.2, -0.15) is 13.2 Å². The van der Waals surface area contributed by atoms with E-state index >= 15 is 0 Å². The van der Waals surface area contributed by atoms with E-state index in [0.29, 0.717) is 12.3 Å². The van der Waals surface area contributed by atoms with Crippen LogP contribution in [0.2, 0.25) is 0 Å². The molecule has 20 heavy (non-hydrogen) atoms. The highest BCUT2D eigenvalue weighted by Crippen LogP contribution is 2.35. The van der Waals surface area contributed by atoms with Gasteiger partial charge in [-0.1, -0.05) is 0 Å². The Hall–Kier alpha value is -1.56. The number of hydrogen-bond acceptors (Lipinski definition) is 3. The van der Waals surface area contributed by atoms with Crippen molar-refractivity contribution in [2.24, 2.45) is 0 Å². The lowest BCUT2D eigenvalue weighted by Gasteiger charge is -2.29. The van der Waals surface area contributed by atoms with Crippen molar-refractivity contribution in [1.82, 2.24) is 0 Å². The van der Waals surface area contributed by atoms with Crippen LogP contribution in [0.15, 0.2) is 18.2 Å². The molecular weight excluding hydrogens is 271 g/mol. The van der Waals surface area contributed by atoms with Crippen molar-refractivity contribution in [2.45, 2.75) is 31.7 Å². The standard InChI is InChI=1S/C14H16F3NO2/c1-9-13(5-6-20-9)18(2)11-4-3-10(8-19)12(7-11)14(15,16)17/h3-4,7-9,13H,5-6H2,1-2H3. The molecule has 3 nitrogen and oxygen atoms in total. The van der Waals surface area contributed by atoms with E-state index in [1.54, 1.807) is 11.9 Å². The van der Waals surface area contributed by atoms with Crippen molar-refractivity contribution >= 4 is 12.0 Å². The first kappa shape index (κ1) is 14.8. The zero-order valence-electron chi connectivity index (χ0n) is 11.3. The molecule has 2 unspecified atom stereocenters. The molecule has 0 N–H and O–H groups in total. The van der Waals surface area contributed by atoms with Crippen LogP contribution in [0.5, 0.6) is 0 Å². The molecule has 0 saturated carbocycles. The fraction of sp³-hybridized carbons (Fsp3) is 0.500. The van der Waals surface area contributed by atoms with Crippen molar-refractivity contribution in [1.29, 1.82) is 0 Å². The Labute approximate surface area is 115 Å². The molecule has 0 spiro atoms. The van der Waals surface area contributed by atoms with Gasteiger partial charge in [-0.05, 0) is 31.5 Å². The average molecular weight is 287 g/mol. The van der Waals surface area contributed by atoms with Crippen molar-refractivity contribution in [3.63, 3.8) is 0 Å². The fourth-order valence-corrected chi connectivity index (χ4v) is 2.53. The summed E-state index contributed by atoms with van der Waals surface area (Å²) in [7, 11) is 1.74. The van der Waals surface area contributed by atoms with E-state index in [2.05, 4.69) is 0 Å². The largest absolute Gasteiger partial charge is 0.417 e. The van der Waals surface area contributed by atoms with Gasteiger partial charge in [-0.25, -0.2) is 0 Å². The lowest BCUT2D eigenvalue weighted by molar-refractivity contribution is -0.137. The maximum atomic E-state index is 12.9. The molecule has 1 aliphatic heterocycles. The number of benzene rings is 1. The van der Waals surface area contributed by atoms with E-state index in [1.165, 1.54) is 12.1 Å². The number of nitrogens with zero attached hydrogens (tertiary/aromatic N) is 1. The lowest BCUT2D eigenvalue weighted by Crippen LogP contribution is -2.36. The second-order valence-electron chi connectivity index (χ2n) is 4.93. The predicted octanol–water partition coefficient (Wildman–Crippen LogP) is 3.13. The van der Waals surface area contributed by atoms with E-state index in [1.807, 2.05) is 6.92 Å². The number of likely N-dealkylation sites (N-methyl/N-ethyl adjacent to an activating group) is 1. The summed E-state index contributed by atoms with van der Waals surface area (Å²) >= 11 is 0. The molecule has 1 fully saturated rings. The smallest absolute Gasteiger partial charge is 0.376 e. The molecule has 1 aromatic rings. The maximum absolute atomic E-state index is 12.9. The average Bonchev–Trinajstić information content (AvgIpc) is 2.82. The Morgan fingerprint density at radius 1 is 1.40 bits per heavy atom. The van der Waals surface area contributed by atoms with Gasteiger partial charge in [-0.15, -0.1) is 0 Å². The molecule has 0 aliphatic carbocycles. The zero-order valence-corrected chi connectivity index (χ0v) is 11.3. The second-order valence-corrected chi connectivity index (χ2v) is 4.93. The van der Waals surface area contributed by atoms with Gasteiger partial charge in [0.25, 0.3) is 0 Å². The molecule has 0 amide bonds. The molecule has 110 valence electrons. The first-order valence-corrected chi connectivity index (χ1v) is 6.35. The molecule has 2 rings (SSSR count). The number of rotatable bonds is 3. The van der Waals surface area contributed by atoms with Gasteiger partial charge < -0.3 is 9.64 Å². The summed E-state index contributed by atoms with van der Waals surface area (Å²) in [6.45, 7) is 2.51. The molecule has 1 heterocycles. The normalized spacial score (nSPS) is 22.9. The summed E-state index contributed by atoms with van der Waals surface area (Å²) in [4.78, 5) is 12.5. The van der Waals surface area contributed by atoms with Gasteiger partial charge >= 0.3 is 6.18 Å². The topological polar surface area (TPSA) is 29.5 Å². The minimum absolute atomic E-state index is 0.0277. The van der Waals surface area contributed by atoms with Crippen LogP contribution in [-0.4, -0.2) is 32.1 Å². The van der Waals surface area contributed by atoms with E-state index in [4.69, 9.17) is 4.74 Å². The Bertz CT molecular complexity index is 502. The third-order valence-electron chi connectivity index (χ3n) is 3.71. The van der Waals surface area contributed by atoms with Crippen molar-refractivity contribution in [3.8, 4) is 0 Å². The fourth-order valence-electron chi connectivity index (χ4n) is 2.53. The summed E-state index contributed by atoms with van der Waals surface area (Å²) in [5.74, 6) is 0. The van der Waals surface area contributed by atoms with Crippen LogP contribution >= 0.6 is 0 Å². The molecule has 1 saturated heterocycles. The number of carbonyl (C=O) groups is 1. The van der Waals surface area contributed by atoms with Crippen LogP contribution in [0.4, 0.5) is 18.9 Å². The second kappa shape index (κ2) is 5.44. The molecule has 1 aliphatic rings. The van der Waals surface area contributed by atoms with Crippen molar-refractivity contribution in [3.05, 3.63) is 29.3 Å². The van der Waals surface area contributed by atoms with Gasteiger partial charge in [0.15, 0.2) is 6.29 Å². The Kier molecular flexibility index (Phi) is 4.04. The number of anilines is 1. The van der Waals surface area contributed by atoms with Crippen LogP contribution in [0.1, 0.15) is 29.3 Å². The number of ether oxygens (including phenoxy) is 1. The number of aldehydes is 1. The minimum atomic E-state index is -4.54. The number of halogens is 3. The van der Waals surface area contributed by atoms with Crippen LogP contribution in [-0.2, 0) is 10.9 Å². The Morgan fingerprint density at radius 2 is 2.10 bits per heavy atom. The lowest BCUT2D eigenvalue weighted by atomic mass is 10.0. The van der Waals surface area contributed by atoms with Crippen LogP contribution in [0.25, 0.3) is 0 Å². The first-order chi connectivity index (χ1) is 9.34. The predicted molar refractivity (Wildman–Crippen MR) is 69.1 cm³/mol. The molecule has 6 heteroatoms. The highest BCUT2D eigenvalue weighted by Gasteiger charge is 2.35. The van der Waals surface area contributed by atoms with Gasteiger partial charge in [0.2, 0.25) is 0 Å². The number of hydrogen-bond donors (Lipinski definition) is 0. The third kappa shape index (κ3) is 2.80. The molecule has 0 aromatic heterocycles. The first-order valence-electron chi connectivity index (χ1n) is 6.35. The summed E-state index contributed by atoms with van der Waals surface area (Å²) in [5, 5.41) is 0. The molecule has 0 bridgehead atoms. The number of alkyl halides is 3. The highest BCUT2D eigenvalue weighted by atomic mass is 19.4. The van der Waals surface area contributed by atoms with E-state index in [0.717, 1.165) is 12.5 Å².